The van der Waals surface area contributed by atoms with Crippen LogP contribution in [0.15, 0.2) is 0 Å². The maximum atomic E-state index is 12.7. The number of hydrogen-bond acceptors (Lipinski definition) is 4. The van der Waals surface area contributed by atoms with Crippen molar-refractivity contribution in [3.8, 4) is 6.07 Å². The summed E-state index contributed by atoms with van der Waals surface area (Å²) < 4.78 is 0. The van der Waals surface area contributed by atoms with Gasteiger partial charge in [-0.05, 0) is 25.7 Å². The van der Waals surface area contributed by atoms with Gasteiger partial charge < -0.3 is 5.32 Å². The molecule has 1 aliphatic carbocycles. The van der Waals surface area contributed by atoms with Crippen molar-refractivity contribution in [2.24, 2.45) is 11.3 Å². The average molecular weight is 319 g/mol. The van der Waals surface area contributed by atoms with Crippen LogP contribution in [-0.4, -0.2) is 34.7 Å². The molecule has 2 rings (SSSR count). The minimum absolute atomic E-state index is 0.0777. The van der Waals surface area contributed by atoms with Crippen LogP contribution in [-0.2, 0) is 14.4 Å². The second-order valence-corrected chi connectivity index (χ2v) is 7.32. The van der Waals surface area contributed by atoms with Gasteiger partial charge in [-0.2, -0.15) is 5.26 Å². The molecule has 0 radical (unpaired) electrons. The summed E-state index contributed by atoms with van der Waals surface area (Å²) in [5.74, 6) is -1.01. The predicted molar refractivity (Wildman–Crippen MR) is 83.9 cm³/mol. The summed E-state index contributed by atoms with van der Waals surface area (Å²) >= 11 is 0. The number of likely N-dealkylation sites (tertiary alicyclic amines) is 1. The molecule has 0 aromatic rings. The summed E-state index contributed by atoms with van der Waals surface area (Å²) in [7, 11) is 0. The molecule has 1 saturated heterocycles. The van der Waals surface area contributed by atoms with Crippen LogP contribution in [0.1, 0.15) is 59.3 Å². The normalized spacial score (nSPS) is 23.0. The molecule has 6 heteroatoms. The van der Waals surface area contributed by atoms with E-state index in [1.54, 1.807) is 6.92 Å². The number of rotatable bonds is 4. The fourth-order valence-electron chi connectivity index (χ4n) is 3.41. The molecule has 1 N–H and O–H groups in total. The SMILES string of the molecule is CC(C)[C@@](C)(C#N)NC(=O)CN1C(=O)CC2(CCCCC2)C1=O. The van der Waals surface area contributed by atoms with E-state index < -0.39 is 16.9 Å². The Morgan fingerprint density at radius 3 is 2.48 bits per heavy atom. The van der Waals surface area contributed by atoms with Gasteiger partial charge in [0.05, 0.1) is 11.5 Å². The van der Waals surface area contributed by atoms with Gasteiger partial charge in [0, 0.05) is 6.42 Å². The lowest BCUT2D eigenvalue weighted by atomic mass is 9.73. The number of nitriles is 1. The summed E-state index contributed by atoms with van der Waals surface area (Å²) in [4.78, 5) is 38.2. The predicted octanol–water partition coefficient (Wildman–Crippen LogP) is 1.75. The quantitative estimate of drug-likeness (QED) is 0.799. The number of nitrogens with zero attached hydrogens (tertiary/aromatic N) is 2. The molecule has 1 heterocycles. The Morgan fingerprint density at radius 2 is 1.96 bits per heavy atom. The highest BCUT2D eigenvalue weighted by molar-refractivity contribution is 6.08. The van der Waals surface area contributed by atoms with E-state index in [-0.39, 0.29) is 30.7 Å². The Morgan fingerprint density at radius 1 is 1.35 bits per heavy atom. The van der Waals surface area contributed by atoms with Crippen LogP contribution in [0.2, 0.25) is 0 Å². The van der Waals surface area contributed by atoms with Crippen molar-refractivity contribution in [3.63, 3.8) is 0 Å². The zero-order valence-corrected chi connectivity index (χ0v) is 14.1. The lowest BCUT2D eigenvalue weighted by molar-refractivity contribution is -0.145. The van der Waals surface area contributed by atoms with Crippen molar-refractivity contribution in [2.75, 3.05) is 6.54 Å². The minimum Gasteiger partial charge on any atom is -0.336 e. The van der Waals surface area contributed by atoms with Crippen molar-refractivity contribution in [3.05, 3.63) is 0 Å². The average Bonchev–Trinajstić information content (AvgIpc) is 2.72. The third kappa shape index (κ3) is 3.24. The third-order valence-corrected chi connectivity index (χ3v) is 5.39. The van der Waals surface area contributed by atoms with Crippen LogP contribution >= 0.6 is 0 Å². The number of amides is 3. The van der Waals surface area contributed by atoms with Gasteiger partial charge in [-0.15, -0.1) is 0 Å². The second kappa shape index (κ2) is 6.31. The topological polar surface area (TPSA) is 90.3 Å². The molecule has 6 nitrogen and oxygen atoms in total. The van der Waals surface area contributed by atoms with Gasteiger partial charge in [0.15, 0.2) is 0 Å². The standard InChI is InChI=1S/C17H25N3O3/c1-12(2)16(3,11-18)19-13(21)10-20-14(22)9-17(15(20)23)7-5-4-6-8-17/h12H,4-10H2,1-3H3,(H,19,21)/t16-/m1/s1. The lowest BCUT2D eigenvalue weighted by Crippen LogP contribution is -2.52. The molecule has 3 amide bonds. The monoisotopic (exact) mass is 319 g/mol. The van der Waals surface area contributed by atoms with Crippen LogP contribution in [0.4, 0.5) is 0 Å². The van der Waals surface area contributed by atoms with Gasteiger partial charge in [0.25, 0.3) is 0 Å². The van der Waals surface area contributed by atoms with E-state index in [1.165, 1.54) is 0 Å². The Bertz CT molecular complexity index is 558. The molecular formula is C17H25N3O3. The first-order valence-corrected chi connectivity index (χ1v) is 8.31. The van der Waals surface area contributed by atoms with Gasteiger partial charge in [-0.3, -0.25) is 19.3 Å². The van der Waals surface area contributed by atoms with Crippen molar-refractivity contribution in [2.45, 2.75) is 64.8 Å². The first-order valence-electron chi connectivity index (χ1n) is 8.31. The molecule has 0 aromatic heterocycles. The third-order valence-electron chi connectivity index (χ3n) is 5.39. The Kier molecular flexibility index (Phi) is 4.79. The van der Waals surface area contributed by atoms with Crippen molar-refractivity contribution in [1.29, 1.82) is 5.26 Å². The Hall–Kier alpha value is -1.90. The van der Waals surface area contributed by atoms with Gasteiger partial charge >= 0.3 is 0 Å². The summed E-state index contributed by atoms with van der Waals surface area (Å²) in [6.07, 6.45) is 4.70. The van der Waals surface area contributed by atoms with Crippen molar-refractivity contribution >= 4 is 17.7 Å². The first-order chi connectivity index (χ1) is 10.7. The fourth-order valence-corrected chi connectivity index (χ4v) is 3.41. The van der Waals surface area contributed by atoms with Crippen LogP contribution in [0, 0.1) is 22.7 Å². The smallest absolute Gasteiger partial charge is 0.241 e. The Labute approximate surface area is 137 Å². The maximum Gasteiger partial charge on any atom is 0.241 e. The van der Waals surface area contributed by atoms with E-state index in [2.05, 4.69) is 11.4 Å². The number of imide groups is 1. The molecule has 0 bridgehead atoms. The molecule has 1 atom stereocenters. The highest BCUT2D eigenvalue weighted by atomic mass is 16.2. The molecule has 2 fully saturated rings. The zero-order valence-electron chi connectivity index (χ0n) is 14.1. The molecular weight excluding hydrogens is 294 g/mol. The highest BCUT2D eigenvalue weighted by Crippen LogP contribution is 2.45. The van der Waals surface area contributed by atoms with Crippen LogP contribution < -0.4 is 5.32 Å². The number of hydrogen-bond donors (Lipinski definition) is 1. The van der Waals surface area contributed by atoms with E-state index >= 15 is 0 Å². The number of carbonyl (C=O) groups is 3. The second-order valence-electron chi connectivity index (χ2n) is 7.32. The molecule has 1 saturated carbocycles. The molecule has 1 aliphatic heterocycles. The van der Waals surface area contributed by atoms with E-state index in [4.69, 9.17) is 0 Å². The first kappa shape index (κ1) is 17.5. The largest absolute Gasteiger partial charge is 0.336 e. The maximum absolute atomic E-state index is 12.7. The van der Waals surface area contributed by atoms with E-state index in [0.29, 0.717) is 0 Å². The van der Waals surface area contributed by atoms with Crippen LogP contribution in [0.3, 0.4) is 0 Å². The van der Waals surface area contributed by atoms with Crippen LogP contribution in [0.5, 0.6) is 0 Å². The van der Waals surface area contributed by atoms with E-state index in [9.17, 15) is 19.6 Å². The lowest BCUT2D eigenvalue weighted by Gasteiger charge is -2.31. The molecule has 0 aromatic carbocycles. The summed E-state index contributed by atoms with van der Waals surface area (Å²) in [5, 5.41) is 11.9. The molecule has 2 aliphatic rings. The van der Waals surface area contributed by atoms with Gasteiger partial charge in [-0.1, -0.05) is 33.1 Å². The van der Waals surface area contributed by atoms with Crippen LogP contribution in [0.25, 0.3) is 0 Å². The summed E-state index contributed by atoms with van der Waals surface area (Å²) in [6, 6.07) is 2.09. The Balaban J connectivity index is 2.05. The molecule has 1 spiro atoms. The molecule has 126 valence electrons. The summed E-state index contributed by atoms with van der Waals surface area (Å²) in [5.41, 5.74) is -1.59. The summed E-state index contributed by atoms with van der Waals surface area (Å²) in [6.45, 7) is 5.04. The zero-order chi connectivity index (χ0) is 17.3. The van der Waals surface area contributed by atoms with Crippen molar-refractivity contribution in [1.82, 2.24) is 10.2 Å². The van der Waals surface area contributed by atoms with Gasteiger partial charge in [0.2, 0.25) is 17.7 Å². The number of carbonyl (C=O) groups excluding carboxylic acids is 3. The van der Waals surface area contributed by atoms with E-state index in [1.807, 2.05) is 13.8 Å². The fraction of sp³-hybridized carbons (Fsp3) is 0.765. The highest BCUT2D eigenvalue weighted by Gasteiger charge is 2.52. The van der Waals surface area contributed by atoms with E-state index in [0.717, 1.165) is 37.0 Å². The molecule has 0 unspecified atom stereocenters. The van der Waals surface area contributed by atoms with Crippen molar-refractivity contribution < 1.29 is 14.4 Å². The van der Waals surface area contributed by atoms with Gasteiger partial charge in [-0.25, -0.2) is 0 Å². The molecule has 23 heavy (non-hydrogen) atoms. The number of nitrogens with one attached hydrogen (secondary N) is 1. The minimum atomic E-state index is -1.01. The van der Waals surface area contributed by atoms with Gasteiger partial charge in [0.1, 0.15) is 12.1 Å².